The predicted molar refractivity (Wildman–Crippen MR) is 68.5 cm³/mol. The summed E-state index contributed by atoms with van der Waals surface area (Å²) in [5, 5.41) is 0.495. The molecular weight excluding hydrogens is 254 g/mol. The zero-order valence-electron chi connectivity index (χ0n) is 9.72. The van der Waals surface area contributed by atoms with Crippen LogP contribution in [0.4, 0.5) is 5.82 Å². The van der Waals surface area contributed by atoms with Gasteiger partial charge in [-0.25, -0.2) is 10.8 Å². The molecule has 3 N–H and O–H groups in total. The number of aromatic nitrogens is 3. The summed E-state index contributed by atoms with van der Waals surface area (Å²) in [6, 6.07) is 3.25. The smallest absolute Gasteiger partial charge is 0.224 e. The van der Waals surface area contributed by atoms with Gasteiger partial charge in [0.1, 0.15) is 17.4 Å². The lowest BCUT2D eigenvalue weighted by atomic mass is 10.4. The number of nitrogens with one attached hydrogen (secondary N) is 1. The topological polar surface area (TPSA) is 86.0 Å². The summed E-state index contributed by atoms with van der Waals surface area (Å²) in [5.41, 5.74) is 2.47. The molecule has 0 amide bonds. The Kier molecular flexibility index (Phi) is 3.91. The summed E-state index contributed by atoms with van der Waals surface area (Å²) in [6.07, 6.45) is 3.76. The van der Waals surface area contributed by atoms with Gasteiger partial charge in [-0.2, -0.15) is 4.98 Å². The van der Waals surface area contributed by atoms with Crippen LogP contribution in [0, 0.1) is 0 Å². The first kappa shape index (κ1) is 12.5. The number of halogens is 1. The summed E-state index contributed by atoms with van der Waals surface area (Å²) in [5.74, 6) is 7.35. The molecule has 0 fully saturated rings. The summed E-state index contributed by atoms with van der Waals surface area (Å²) < 4.78 is 5.55. The number of nitrogens with zero attached hydrogens (tertiary/aromatic N) is 3. The number of anilines is 1. The molecular formula is C11H12ClN5O. The Morgan fingerprint density at radius 2 is 2.17 bits per heavy atom. The predicted octanol–water partition coefficient (Wildman–Crippen LogP) is 2.17. The number of ether oxygens (including phenoxy) is 1. The Morgan fingerprint density at radius 1 is 1.33 bits per heavy atom. The van der Waals surface area contributed by atoms with Gasteiger partial charge in [-0.15, -0.1) is 0 Å². The molecule has 0 radical (unpaired) electrons. The highest BCUT2D eigenvalue weighted by molar-refractivity contribution is 6.30. The molecule has 2 aromatic rings. The Bertz CT molecular complexity index is 526. The highest BCUT2D eigenvalue weighted by Crippen LogP contribution is 2.23. The molecule has 0 aliphatic carbocycles. The molecule has 18 heavy (non-hydrogen) atoms. The van der Waals surface area contributed by atoms with Crippen molar-refractivity contribution in [2.75, 3.05) is 5.43 Å². The van der Waals surface area contributed by atoms with E-state index in [1.807, 2.05) is 6.92 Å². The molecule has 0 unspecified atom stereocenters. The molecule has 0 atom stereocenters. The van der Waals surface area contributed by atoms with Crippen molar-refractivity contribution in [2.45, 2.75) is 13.3 Å². The van der Waals surface area contributed by atoms with Gasteiger partial charge in [0.05, 0.1) is 11.2 Å². The second kappa shape index (κ2) is 5.61. The van der Waals surface area contributed by atoms with Crippen LogP contribution in [-0.2, 0) is 6.42 Å². The molecule has 0 aromatic carbocycles. The molecule has 2 rings (SSSR count). The van der Waals surface area contributed by atoms with Crippen LogP contribution in [0.2, 0.25) is 5.02 Å². The summed E-state index contributed by atoms with van der Waals surface area (Å²) >= 11 is 5.82. The molecule has 0 saturated carbocycles. The lowest BCUT2D eigenvalue weighted by Gasteiger charge is -2.07. The molecule has 94 valence electrons. The fourth-order valence-corrected chi connectivity index (χ4v) is 1.49. The van der Waals surface area contributed by atoms with Crippen LogP contribution in [-0.4, -0.2) is 15.0 Å². The van der Waals surface area contributed by atoms with Crippen molar-refractivity contribution in [3.05, 3.63) is 35.4 Å². The van der Waals surface area contributed by atoms with E-state index in [0.29, 0.717) is 34.7 Å². The maximum atomic E-state index is 5.82. The standard InChI is InChI=1S/C11H12ClN5O/c1-2-9-15-10(17-13)4-11(16-9)18-8-3-7(12)5-14-6-8/h3-6H,2,13H2,1H3,(H,15,16,17). The summed E-state index contributed by atoms with van der Waals surface area (Å²) in [6.45, 7) is 1.94. The number of pyridine rings is 1. The third-order valence-electron chi connectivity index (χ3n) is 2.12. The van der Waals surface area contributed by atoms with Gasteiger partial charge in [0.15, 0.2) is 0 Å². The maximum absolute atomic E-state index is 5.82. The number of rotatable bonds is 4. The third-order valence-corrected chi connectivity index (χ3v) is 2.32. The highest BCUT2D eigenvalue weighted by Gasteiger charge is 2.05. The molecule has 7 heteroatoms. The first-order valence-corrected chi connectivity index (χ1v) is 5.72. The largest absolute Gasteiger partial charge is 0.437 e. The number of hydrogen-bond donors (Lipinski definition) is 2. The quantitative estimate of drug-likeness (QED) is 0.651. The van der Waals surface area contributed by atoms with Crippen molar-refractivity contribution < 1.29 is 4.74 Å². The lowest BCUT2D eigenvalue weighted by Crippen LogP contribution is -2.10. The summed E-state index contributed by atoms with van der Waals surface area (Å²) in [4.78, 5) is 12.3. The molecule has 0 saturated heterocycles. The first-order chi connectivity index (χ1) is 8.71. The Balaban J connectivity index is 2.28. The van der Waals surface area contributed by atoms with E-state index in [4.69, 9.17) is 22.2 Å². The van der Waals surface area contributed by atoms with E-state index in [2.05, 4.69) is 20.4 Å². The van der Waals surface area contributed by atoms with E-state index in [0.717, 1.165) is 0 Å². The van der Waals surface area contributed by atoms with Crippen molar-refractivity contribution in [2.24, 2.45) is 5.84 Å². The minimum absolute atomic E-state index is 0.388. The lowest BCUT2D eigenvalue weighted by molar-refractivity contribution is 0.457. The normalized spacial score (nSPS) is 10.2. The second-order valence-electron chi connectivity index (χ2n) is 3.45. The van der Waals surface area contributed by atoms with Gasteiger partial charge in [-0.1, -0.05) is 18.5 Å². The minimum Gasteiger partial charge on any atom is -0.437 e. The van der Waals surface area contributed by atoms with Crippen molar-refractivity contribution in [3.63, 3.8) is 0 Å². The van der Waals surface area contributed by atoms with E-state index in [-0.39, 0.29) is 0 Å². The monoisotopic (exact) mass is 265 g/mol. The molecule has 0 aliphatic heterocycles. The van der Waals surface area contributed by atoms with Gasteiger partial charge in [0.25, 0.3) is 0 Å². The SMILES string of the molecule is CCc1nc(NN)cc(Oc2cncc(Cl)c2)n1. The fourth-order valence-electron chi connectivity index (χ4n) is 1.33. The van der Waals surface area contributed by atoms with Crippen LogP contribution in [0.1, 0.15) is 12.7 Å². The molecule has 0 bridgehead atoms. The van der Waals surface area contributed by atoms with E-state index in [1.165, 1.54) is 6.20 Å². The van der Waals surface area contributed by atoms with Gasteiger partial charge in [0, 0.05) is 24.8 Å². The van der Waals surface area contributed by atoms with E-state index < -0.39 is 0 Å². The number of nitrogens with two attached hydrogens (primary N) is 1. The Morgan fingerprint density at radius 3 is 2.83 bits per heavy atom. The van der Waals surface area contributed by atoms with Gasteiger partial charge >= 0.3 is 0 Å². The molecule has 0 aliphatic rings. The van der Waals surface area contributed by atoms with Crippen LogP contribution >= 0.6 is 11.6 Å². The van der Waals surface area contributed by atoms with Crippen molar-refractivity contribution >= 4 is 17.4 Å². The molecule has 2 aromatic heterocycles. The maximum Gasteiger partial charge on any atom is 0.224 e. The number of aryl methyl sites for hydroxylation is 1. The highest BCUT2D eigenvalue weighted by atomic mass is 35.5. The third kappa shape index (κ3) is 3.06. The number of nitrogen functional groups attached to an aromatic ring is 1. The molecule has 0 spiro atoms. The Labute approximate surface area is 109 Å². The van der Waals surface area contributed by atoms with E-state index in [9.17, 15) is 0 Å². The van der Waals surface area contributed by atoms with Crippen molar-refractivity contribution in [1.29, 1.82) is 0 Å². The average Bonchev–Trinajstić information content (AvgIpc) is 2.38. The van der Waals surface area contributed by atoms with Crippen LogP contribution in [0.25, 0.3) is 0 Å². The number of hydrazine groups is 1. The zero-order valence-corrected chi connectivity index (χ0v) is 10.5. The Hall–Kier alpha value is -1.92. The van der Waals surface area contributed by atoms with Crippen molar-refractivity contribution in [1.82, 2.24) is 15.0 Å². The van der Waals surface area contributed by atoms with E-state index in [1.54, 1.807) is 18.3 Å². The second-order valence-corrected chi connectivity index (χ2v) is 3.88. The van der Waals surface area contributed by atoms with Crippen molar-refractivity contribution in [3.8, 4) is 11.6 Å². The van der Waals surface area contributed by atoms with Crippen LogP contribution in [0.5, 0.6) is 11.6 Å². The average molecular weight is 266 g/mol. The fraction of sp³-hybridized carbons (Fsp3) is 0.182. The van der Waals surface area contributed by atoms with Gasteiger partial charge in [-0.05, 0) is 0 Å². The zero-order chi connectivity index (χ0) is 13.0. The molecule has 6 nitrogen and oxygen atoms in total. The van der Waals surface area contributed by atoms with Gasteiger partial charge in [-0.3, -0.25) is 4.98 Å². The van der Waals surface area contributed by atoms with Gasteiger partial charge < -0.3 is 10.2 Å². The van der Waals surface area contributed by atoms with Crippen LogP contribution < -0.4 is 16.0 Å². The van der Waals surface area contributed by atoms with E-state index >= 15 is 0 Å². The molecule has 2 heterocycles. The first-order valence-electron chi connectivity index (χ1n) is 5.34. The van der Waals surface area contributed by atoms with Gasteiger partial charge in [0.2, 0.25) is 5.88 Å². The van der Waals surface area contributed by atoms with Crippen LogP contribution in [0.3, 0.4) is 0 Å². The summed E-state index contributed by atoms with van der Waals surface area (Å²) in [7, 11) is 0. The number of hydrogen-bond acceptors (Lipinski definition) is 6. The van der Waals surface area contributed by atoms with Crippen LogP contribution in [0.15, 0.2) is 24.5 Å². The minimum atomic E-state index is 0.388.